The average Bonchev–Trinajstić information content (AvgIpc) is 3.08. The van der Waals surface area contributed by atoms with E-state index in [0.29, 0.717) is 50.9 Å². The van der Waals surface area contributed by atoms with Gasteiger partial charge in [-0.15, -0.1) is 0 Å². The molecule has 0 fully saturated rings. The molecule has 0 N–H and O–H groups in total. The van der Waals surface area contributed by atoms with Crippen molar-refractivity contribution in [1.29, 1.82) is 0 Å². The van der Waals surface area contributed by atoms with Crippen molar-refractivity contribution in [2.24, 2.45) is 0 Å². The molecule has 0 spiro atoms. The molecule has 5 aromatic carbocycles. The number of rotatable bonds is 10. The molecule has 9 heteroatoms. The summed E-state index contributed by atoms with van der Waals surface area (Å²) in [6.45, 7) is -0.0230. The van der Waals surface area contributed by atoms with E-state index in [9.17, 15) is 14.4 Å². The van der Waals surface area contributed by atoms with Gasteiger partial charge in [0.2, 0.25) is 5.75 Å². The number of imide groups is 1. The summed E-state index contributed by atoms with van der Waals surface area (Å²) in [4.78, 5) is 44.1. The number of nitrogens with zero attached hydrogens (tertiary/aromatic N) is 2. The quantitative estimate of drug-likeness (QED) is 0.166. The number of anilines is 1. The van der Waals surface area contributed by atoms with E-state index in [1.54, 1.807) is 60.7 Å². The first kappa shape index (κ1) is 29.3. The van der Waals surface area contributed by atoms with E-state index < -0.39 is 17.7 Å². The van der Waals surface area contributed by atoms with Crippen molar-refractivity contribution >= 4 is 34.2 Å². The maximum Gasteiger partial charge on any atom is 0.261 e. The van der Waals surface area contributed by atoms with Crippen molar-refractivity contribution in [2.75, 3.05) is 39.3 Å². The lowest BCUT2D eigenvalue weighted by molar-refractivity contribution is 0.0611. The van der Waals surface area contributed by atoms with Crippen LogP contribution in [0.2, 0.25) is 0 Å². The fourth-order valence-electron chi connectivity index (χ4n) is 5.51. The van der Waals surface area contributed by atoms with Crippen molar-refractivity contribution in [1.82, 2.24) is 4.90 Å². The minimum absolute atomic E-state index is 0.0179. The van der Waals surface area contributed by atoms with E-state index in [4.69, 9.17) is 18.9 Å². The molecule has 226 valence electrons. The minimum atomic E-state index is -0.406. The Kier molecular flexibility index (Phi) is 8.07. The van der Waals surface area contributed by atoms with E-state index in [1.807, 2.05) is 42.5 Å². The third-order valence-electron chi connectivity index (χ3n) is 7.69. The molecule has 0 bridgehead atoms. The molecular formula is C36H30N2O7. The number of hydrogen-bond acceptors (Lipinski definition) is 7. The minimum Gasteiger partial charge on any atom is -0.493 e. The second-order valence-electron chi connectivity index (χ2n) is 10.3. The van der Waals surface area contributed by atoms with Crippen LogP contribution in [0.4, 0.5) is 5.69 Å². The summed E-state index contributed by atoms with van der Waals surface area (Å²) in [5.41, 5.74) is 1.70. The molecule has 5 aromatic rings. The smallest absolute Gasteiger partial charge is 0.261 e. The fourth-order valence-corrected chi connectivity index (χ4v) is 5.51. The van der Waals surface area contributed by atoms with Gasteiger partial charge in [-0.3, -0.25) is 19.3 Å². The van der Waals surface area contributed by atoms with Crippen molar-refractivity contribution in [3.63, 3.8) is 0 Å². The van der Waals surface area contributed by atoms with E-state index in [0.717, 1.165) is 5.39 Å². The molecule has 3 amide bonds. The highest BCUT2D eigenvalue weighted by molar-refractivity contribution is 6.25. The van der Waals surface area contributed by atoms with E-state index in [2.05, 4.69) is 0 Å². The topological polar surface area (TPSA) is 94.6 Å². The standard InChI is InChI=1S/C36H30N2O7/c1-42-30-21-24(22-31(43-2)33(30)44-3)34(39)37(25-15-17-27(18-16-25)45-26-11-5-4-6-12-26)19-20-38-35(40)28-13-7-9-23-10-8-14-29(32(23)28)36(38)41/h4-18,21-22H,19-20H2,1-3H3. The third kappa shape index (κ3) is 5.51. The van der Waals surface area contributed by atoms with Gasteiger partial charge < -0.3 is 23.8 Å². The van der Waals surface area contributed by atoms with Crippen LogP contribution in [0.5, 0.6) is 28.7 Å². The molecule has 0 radical (unpaired) electrons. The summed E-state index contributed by atoms with van der Waals surface area (Å²) in [5.74, 6) is 1.03. The van der Waals surface area contributed by atoms with Gasteiger partial charge in [0.25, 0.3) is 17.7 Å². The van der Waals surface area contributed by atoms with E-state index >= 15 is 0 Å². The molecule has 0 aromatic heterocycles. The predicted molar refractivity (Wildman–Crippen MR) is 170 cm³/mol. The SMILES string of the molecule is COc1cc(C(=O)N(CCN2C(=O)c3cccc4cccc(c34)C2=O)c2ccc(Oc3ccccc3)cc2)cc(OC)c1OC. The van der Waals surface area contributed by atoms with Crippen LogP contribution in [0.3, 0.4) is 0 Å². The van der Waals surface area contributed by atoms with Crippen LogP contribution in [0, 0.1) is 0 Å². The Hall–Kier alpha value is -5.83. The molecule has 1 aliphatic rings. The third-order valence-corrected chi connectivity index (χ3v) is 7.69. The Balaban J connectivity index is 1.34. The Morgan fingerprint density at radius 2 is 1.27 bits per heavy atom. The molecule has 6 rings (SSSR count). The summed E-state index contributed by atoms with van der Waals surface area (Å²) >= 11 is 0. The van der Waals surface area contributed by atoms with Gasteiger partial charge in [-0.05, 0) is 66.0 Å². The fraction of sp³-hybridized carbons (Fsp3) is 0.139. The molecule has 0 atom stereocenters. The molecular weight excluding hydrogens is 572 g/mol. The molecule has 0 aliphatic carbocycles. The van der Waals surface area contributed by atoms with Crippen LogP contribution in [-0.4, -0.2) is 57.0 Å². The second kappa shape index (κ2) is 12.4. The number of methoxy groups -OCH3 is 3. The number of benzene rings is 5. The molecule has 1 heterocycles. The number of hydrogen-bond donors (Lipinski definition) is 0. The summed E-state index contributed by atoms with van der Waals surface area (Å²) in [6.07, 6.45) is 0. The van der Waals surface area contributed by atoms with E-state index in [1.165, 1.54) is 31.1 Å². The van der Waals surface area contributed by atoms with Gasteiger partial charge in [0.15, 0.2) is 11.5 Å². The van der Waals surface area contributed by atoms with Gasteiger partial charge in [0.1, 0.15) is 11.5 Å². The van der Waals surface area contributed by atoms with Crippen LogP contribution < -0.4 is 23.8 Å². The zero-order valence-corrected chi connectivity index (χ0v) is 25.0. The highest BCUT2D eigenvalue weighted by atomic mass is 16.5. The molecule has 1 aliphatic heterocycles. The number of ether oxygens (including phenoxy) is 4. The molecule has 0 saturated heterocycles. The first-order valence-corrected chi connectivity index (χ1v) is 14.3. The highest BCUT2D eigenvalue weighted by Crippen LogP contribution is 2.39. The molecule has 0 unspecified atom stereocenters. The maximum atomic E-state index is 14.2. The van der Waals surface area contributed by atoms with Crippen molar-refractivity contribution in [2.45, 2.75) is 0 Å². The zero-order valence-electron chi connectivity index (χ0n) is 25.0. The highest BCUT2D eigenvalue weighted by Gasteiger charge is 2.33. The predicted octanol–water partition coefficient (Wildman–Crippen LogP) is 6.60. The molecule has 0 saturated carbocycles. The van der Waals surface area contributed by atoms with Crippen LogP contribution in [0.15, 0.2) is 103 Å². The largest absolute Gasteiger partial charge is 0.493 e. The Morgan fingerprint density at radius 1 is 0.689 bits per heavy atom. The van der Waals surface area contributed by atoms with Crippen LogP contribution in [0.1, 0.15) is 31.1 Å². The van der Waals surface area contributed by atoms with Gasteiger partial charge >= 0.3 is 0 Å². The average molecular weight is 603 g/mol. The van der Waals surface area contributed by atoms with Gasteiger partial charge in [0, 0.05) is 40.9 Å². The van der Waals surface area contributed by atoms with Gasteiger partial charge in [-0.2, -0.15) is 0 Å². The first-order chi connectivity index (χ1) is 21.9. The van der Waals surface area contributed by atoms with Crippen LogP contribution >= 0.6 is 0 Å². The Morgan fingerprint density at radius 3 is 1.82 bits per heavy atom. The lowest BCUT2D eigenvalue weighted by Crippen LogP contribution is -2.46. The zero-order chi connectivity index (χ0) is 31.5. The number of carbonyl (C=O) groups is 3. The van der Waals surface area contributed by atoms with Crippen molar-refractivity contribution in [3.8, 4) is 28.7 Å². The van der Waals surface area contributed by atoms with Gasteiger partial charge in [-0.1, -0.05) is 42.5 Å². The van der Waals surface area contributed by atoms with Crippen molar-refractivity contribution < 1.29 is 33.3 Å². The summed E-state index contributed by atoms with van der Waals surface area (Å²) in [7, 11) is 4.43. The summed E-state index contributed by atoms with van der Waals surface area (Å²) in [6, 6.07) is 30.3. The van der Waals surface area contributed by atoms with Crippen LogP contribution in [0.25, 0.3) is 10.8 Å². The van der Waals surface area contributed by atoms with Gasteiger partial charge in [0.05, 0.1) is 21.3 Å². The second-order valence-corrected chi connectivity index (χ2v) is 10.3. The Bertz CT molecular complexity index is 1830. The molecule has 9 nitrogen and oxygen atoms in total. The summed E-state index contributed by atoms with van der Waals surface area (Å²) in [5, 5.41) is 1.47. The number of carbonyl (C=O) groups excluding carboxylic acids is 3. The maximum absolute atomic E-state index is 14.2. The first-order valence-electron chi connectivity index (χ1n) is 14.3. The van der Waals surface area contributed by atoms with Crippen LogP contribution in [-0.2, 0) is 0 Å². The lowest BCUT2D eigenvalue weighted by atomic mass is 9.94. The Labute approximate surface area is 260 Å². The molecule has 45 heavy (non-hydrogen) atoms. The normalized spacial score (nSPS) is 12.2. The van der Waals surface area contributed by atoms with Crippen molar-refractivity contribution in [3.05, 3.63) is 120 Å². The number of amides is 3. The summed E-state index contributed by atoms with van der Waals surface area (Å²) < 4.78 is 22.3. The lowest BCUT2D eigenvalue weighted by Gasteiger charge is -2.30. The van der Waals surface area contributed by atoms with Gasteiger partial charge in [-0.25, -0.2) is 0 Å². The van der Waals surface area contributed by atoms with E-state index in [-0.39, 0.29) is 18.7 Å². The monoisotopic (exact) mass is 602 g/mol. The number of para-hydroxylation sites is 1.